The van der Waals surface area contributed by atoms with Crippen LogP contribution in [-0.4, -0.2) is 15.8 Å². The van der Waals surface area contributed by atoms with E-state index < -0.39 is 10.8 Å². The molecule has 96 valence electrons. The number of carbonyl (C=O) groups is 1. The monoisotopic (exact) mass is 277 g/mol. The fraction of sp³-hybridized carbons (Fsp3) is 0. The van der Waals surface area contributed by atoms with Gasteiger partial charge in [-0.05, 0) is 24.3 Å². The van der Waals surface area contributed by atoms with Gasteiger partial charge in [0, 0.05) is 23.5 Å². The van der Waals surface area contributed by atoms with Crippen molar-refractivity contribution < 1.29 is 9.72 Å². The minimum atomic E-state index is -0.606. The van der Waals surface area contributed by atoms with Crippen LogP contribution in [0.1, 0.15) is 10.4 Å². The molecule has 0 saturated carbocycles. The van der Waals surface area contributed by atoms with Gasteiger partial charge in [-0.3, -0.25) is 19.9 Å². The number of rotatable bonds is 3. The van der Waals surface area contributed by atoms with E-state index in [0.29, 0.717) is 5.56 Å². The first-order valence-corrected chi connectivity index (χ1v) is 5.61. The van der Waals surface area contributed by atoms with Crippen LogP contribution in [0.15, 0.2) is 42.7 Å². The van der Waals surface area contributed by atoms with Crippen molar-refractivity contribution in [3.8, 4) is 0 Å². The summed E-state index contributed by atoms with van der Waals surface area (Å²) in [5, 5.41) is 13.6. The third-order valence-corrected chi connectivity index (χ3v) is 2.56. The van der Waals surface area contributed by atoms with Crippen molar-refractivity contribution in [2.75, 3.05) is 5.32 Å². The second-order valence-electron chi connectivity index (χ2n) is 3.61. The molecule has 1 N–H and O–H groups in total. The minimum absolute atomic E-state index is 0.0863. The summed E-state index contributed by atoms with van der Waals surface area (Å²) in [4.78, 5) is 25.9. The van der Waals surface area contributed by atoms with Crippen molar-refractivity contribution in [2.24, 2.45) is 0 Å². The Morgan fingerprint density at radius 1 is 1.37 bits per heavy atom. The number of halogens is 1. The van der Waals surface area contributed by atoms with Crippen molar-refractivity contribution in [1.29, 1.82) is 0 Å². The van der Waals surface area contributed by atoms with E-state index in [-0.39, 0.29) is 16.4 Å². The highest BCUT2D eigenvalue weighted by atomic mass is 35.5. The lowest BCUT2D eigenvalue weighted by atomic mass is 10.2. The summed E-state index contributed by atoms with van der Waals surface area (Å²) in [5.41, 5.74) is 0.139. The number of benzene rings is 1. The molecule has 19 heavy (non-hydrogen) atoms. The summed E-state index contributed by atoms with van der Waals surface area (Å²) in [7, 11) is 0. The quantitative estimate of drug-likeness (QED) is 0.690. The van der Waals surface area contributed by atoms with Crippen LogP contribution in [0.2, 0.25) is 5.02 Å². The van der Waals surface area contributed by atoms with Gasteiger partial charge in [0.25, 0.3) is 11.6 Å². The third kappa shape index (κ3) is 3.05. The molecule has 7 heteroatoms. The van der Waals surface area contributed by atoms with Gasteiger partial charge >= 0.3 is 0 Å². The molecule has 0 unspecified atom stereocenters. The van der Waals surface area contributed by atoms with Crippen molar-refractivity contribution in [3.63, 3.8) is 0 Å². The summed E-state index contributed by atoms with van der Waals surface area (Å²) >= 11 is 5.69. The van der Waals surface area contributed by atoms with E-state index in [1.807, 2.05) is 0 Å². The van der Waals surface area contributed by atoms with Crippen molar-refractivity contribution in [3.05, 3.63) is 63.4 Å². The van der Waals surface area contributed by atoms with E-state index in [0.717, 1.165) is 0 Å². The van der Waals surface area contributed by atoms with E-state index >= 15 is 0 Å². The largest absolute Gasteiger partial charge is 0.316 e. The maximum absolute atomic E-state index is 11.9. The van der Waals surface area contributed by atoms with Gasteiger partial charge < -0.3 is 5.32 Å². The maximum atomic E-state index is 11.9. The van der Waals surface area contributed by atoms with Crippen LogP contribution < -0.4 is 5.32 Å². The molecule has 2 aromatic rings. The Labute approximate surface area is 113 Å². The van der Waals surface area contributed by atoms with E-state index in [4.69, 9.17) is 11.6 Å². The van der Waals surface area contributed by atoms with Crippen molar-refractivity contribution >= 4 is 28.9 Å². The minimum Gasteiger partial charge on any atom is -0.316 e. The van der Waals surface area contributed by atoms with Crippen molar-refractivity contribution in [2.45, 2.75) is 0 Å². The second-order valence-corrected chi connectivity index (χ2v) is 4.05. The molecule has 1 aromatic carbocycles. The highest BCUT2D eigenvalue weighted by molar-refractivity contribution is 6.31. The van der Waals surface area contributed by atoms with Crippen LogP contribution in [-0.2, 0) is 0 Å². The predicted octanol–water partition coefficient (Wildman–Crippen LogP) is 2.90. The van der Waals surface area contributed by atoms with Crippen LogP contribution in [0.5, 0.6) is 0 Å². The number of hydrogen-bond donors (Lipinski definition) is 1. The Bertz CT molecular complexity index is 631. The van der Waals surface area contributed by atoms with E-state index in [1.165, 1.54) is 30.6 Å². The Kier molecular flexibility index (Phi) is 3.72. The number of amides is 1. The molecule has 0 saturated heterocycles. The Morgan fingerprint density at radius 2 is 2.16 bits per heavy atom. The van der Waals surface area contributed by atoms with Gasteiger partial charge in [0.15, 0.2) is 0 Å². The SMILES string of the molecule is O=C(Nc1ccc(Cl)cc1[N+](=O)[O-])c1cccnc1. The normalized spacial score (nSPS) is 9.95. The summed E-state index contributed by atoms with van der Waals surface area (Å²) in [6.07, 6.45) is 2.90. The molecule has 6 nitrogen and oxygen atoms in total. The molecule has 1 heterocycles. The first-order chi connectivity index (χ1) is 9.08. The summed E-state index contributed by atoms with van der Waals surface area (Å²) < 4.78 is 0. The lowest BCUT2D eigenvalue weighted by Gasteiger charge is -2.05. The van der Waals surface area contributed by atoms with Crippen LogP contribution in [0, 0.1) is 10.1 Å². The average molecular weight is 278 g/mol. The maximum Gasteiger partial charge on any atom is 0.294 e. The number of nitrogens with zero attached hydrogens (tertiary/aromatic N) is 2. The predicted molar refractivity (Wildman–Crippen MR) is 70.3 cm³/mol. The fourth-order valence-corrected chi connectivity index (χ4v) is 1.62. The molecular formula is C12H8ClN3O3. The third-order valence-electron chi connectivity index (χ3n) is 2.33. The number of nitro benzene ring substituents is 1. The first kappa shape index (κ1) is 13.0. The number of aromatic nitrogens is 1. The van der Waals surface area contributed by atoms with E-state index in [9.17, 15) is 14.9 Å². The molecule has 0 aliphatic heterocycles. The van der Waals surface area contributed by atoms with Crippen LogP contribution in [0.4, 0.5) is 11.4 Å². The first-order valence-electron chi connectivity index (χ1n) is 5.23. The van der Waals surface area contributed by atoms with E-state index in [1.54, 1.807) is 12.1 Å². The molecule has 2 rings (SSSR count). The van der Waals surface area contributed by atoms with E-state index in [2.05, 4.69) is 10.3 Å². The molecule has 1 amide bonds. The summed E-state index contributed by atoms with van der Waals surface area (Å²) in [5.74, 6) is -0.474. The smallest absolute Gasteiger partial charge is 0.294 e. The Morgan fingerprint density at radius 3 is 2.79 bits per heavy atom. The van der Waals surface area contributed by atoms with Crippen LogP contribution in [0.3, 0.4) is 0 Å². The second kappa shape index (κ2) is 5.45. The number of hydrogen-bond acceptors (Lipinski definition) is 4. The zero-order chi connectivity index (χ0) is 13.8. The van der Waals surface area contributed by atoms with Gasteiger partial charge in [0.2, 0.25) is 0 Å². The molecule has 0 radical (unpaired) electrons. The topological polar surface area (TPSA) is 85.1 Å². The zero-order valence-electron chi connectivity index (χ0n) is 9.54. The van der Waals surface area contributed by atoms with Gasteiger partial charge in [-0.15, -0.1) is 0 Å². The molecule has 0 aliphatic carbocycles. The summed E-state index contributed by atoms with van der Waals surface area (Å²) in [6, 6.07) is 7.19. The molecule has 1 aromatic heterocycles. The molecule has 0 spiro atoms. The molecular weight excluding hydrogens is 270 g/mol. The van der Waals surface area contributed by atoms with Crippen LogP contribution >= 0.6 is 11.6 Å². The average Bonchev–Trinajstić information content (AvgIpc) is 2.41. The molecule has 0 atom stereocenters. The van der Waals surface area contributed by atoms with Gasteiger partial charge in [0.05, 0.1) is 10.5 Å². The number of carbonyl (C=O) groups excluding carboxylic acids is 1. The zero-order valence-corrected chi connectivity index (χ0v) is 10.3. The number of nitro groups is 1. The van der Waals surface area contributed by atoms with Crippen molar-refractivity contribution in [1.82, 2.24) is 4.98 Å². The van der Waals surface area contributed by atoms with Gasteiger partial charge in [-0.1, -0.05) is 11.6 Å². The fourth-order valence-electron chi connectivity index (χ4n) is 1.45. The lowest BCUT2D eigenvalue weighted by molar-refractivity contribution is -0.383. The highest BCUT2D eigenvalue weighted by Gasteiger charge is 2.17. The number of anilines is 1. The number of pyridine rings is 1. The Balaban J connectivity index is 2.29. The molecule has 0 bridgehead atoms. The van der Waals surface area contributed by atoms with Crippen LogP contribution in [0.25, 0.3) is 0 Å². The standard InChI is InChI=1S/C12H8ClN3O3/c13-9-3-4-10(11(6-9)16(18)19)15-12(17)8-2-1-5-14-7-8/h1-7H,(H,15,17). The van der Waals surface area contributed by atoms with Gasteiger partial charge in [-0.2, -0.15) is 0 Å². The highest BCUT2D eigenvalue weighted by Crippen LogP contribution is 2.28. The Hall–Kier alpha value is -2.47. The molecule has 0 aliphatic rings. The van der Waals surface area contributed by atoms with Gasteiger partial charge in [0.1, 0.15) is 5.69 Å². The van der Waals surface area contributed by atoms with Gasteiger partial charge in [-0.25, -0.2) is 0 Å². The number of nitrogens with one attached hydrogen (secondary N) is 1. The lowest BCUT2D eigenvalue weighted by Crippen LogP contribution is -2.13. The molecule has 0 fully saturated rings. The summed E-state index contributed by atoms with van der Waals surface area (Å²) in [6.45, 7) is 0.